The van der Waals surface area contributed by atoms with Crippen molar-refractivity contribution in [1.29, 1.82) is 0 Å². The number of hydrogen-bond acceptors (Lipinski definition) is 2. The van der Waals surface area contributed by atoms with Crippen LogP contribution in [-0.2, 0) is 16.1 Å². The highest BCUT2D eigenvalue weighted by molar-refractivity contribution is 5.86. The van der Waals surface area contributed by atoms with E-state index in [1.165, 1.54) is 12.1 Å². The maximum atomic E-state index is 14.0. The highest BCUT2D eigenvalue weighted by atomic mass is 19.2. The van der Waals surface area contributed by atoms with Gasteiger partial charge in [0.05, 0.1) is 5.41 Å². The second-order valence-corrected chi connectivity index (χ2v) is 9.13. The van der Waals surface area contributed by atoms with Crippen molar-refractivity contribution < 1.29 is 18.4 Å². The summed E-state index contributed by atoms with van der Waals surface area (Å²) in [6.07, 6.45) is 2.65. The van der Waals surface area contributed by atoms with Gasteiger partial charge < -0.3 is 9.80 Å². The van der Waals surface area contributed by atoms with E-state index >= 15 is 0 Å². The highest BCUT2D eigenvalue weighted by Crippen LogP contribution is 2.41. The molecule has 0 N–H and O–H groups in total. The number of nitrogens with zero attached hydrogens (tertiary/aromatic N) is 2. The van der Waals surface area contributed by atoms with E-state index in [9.17, 15) is 18.4 Å². The Kier molecular flexibility index (Phi) is 5.28. The third-order valence-electron chi connectivity index (χ3n) is 5.61. The van der Waals surface area contributed by atoms with Crippen molar-refractivity contribution in [2.45, 2.75) is 53.0 Å². The SMILES string of the molecule is CC(C)(C)CC(=O)N1CCC2(CCCN(Cc3cccc(F)c3F)C2=O)C1. The van der Waals surface area contributed by atoms with Crippen molar-refractivity contribution in [1.82, 2.24) is 9.80 Å². The number of hydrogen-bond donors (Lipinski definition) is 0. The van der Waals surface area contributed by atoms with Gasteiger partial charge in [-0.15, -0.1) is 0 Å². The first-order valence-electron chi connectivity index (χ1n) is 9.61. The lowest BCUT2D eigenvalue weighted by Gasteiger charge is -2.39. The summed E-state index contributed by atoms with van der Waals surface area (Å²) < 4.78 is 27.5. The van der Waals surface area contributed by atoms with Gasteiger partial charge in [0.25, 0.3) is 0 Å². The van der Waals surface area contributed by atoms with Crippen molar-refractivity contribution in [2.75, 3.05) is 19.6 Å². The summed E-state index contributed by atoms with van der Waals surface area (Å²) in [7, 11) is 0. The van der Waals surface area contributed by atoms with Gasteiger partial charge in [0.2, 0.25) is 11.8 Å². The van der Waals surface area contributed by atoms with Gasteiger partial charge in [-0.25, -0.2) is 8.78 Å². The number of halogens is 2. The number of carbonyl (C=O) groups excluding carboxylic acids is 2. The van der Waals surface area contributed by atoms with Crippen LogP contribution in [0.15, 0.2) is 18.2 Å². The lowest BCUT2D eigenvalue weighted by Crippen LogP contribution is -2.50. The molecule has 1 atom stereocenters. The molecule has 1 spiro atoms. The molecule has 1 unspecified atom stereocenters. The fourth-order valence-electron chi connectivity index (χ4n) is 4.21. The highest BCUT2D eigenvalue weighted by Gasteiger charge is 2.49. The quantitative estimate of drug-likeness (QED) is 0.804. The second-order valence-electron chi connectivity index (χ2n) is 9.13. The molecule has 0 bridgehead atoms. The molecule has 0 aliphatic carbocycles. The molecule has 4 nitrogen and oxygen atoms in total. The van der Waals surface area contributed by atoms with Gasteiger partial charge in [0, 0.05) is 38.2 Å². The molecule has 2 aliphatic rings. The molecule has 148 valence electrons. The van der Waals surface area contributed by atoms with E-state index in [1.807, 2.05) is 20.8 Å². The zero-order valence-electron chi connectivity index (χ0n) is 16.4. The number of amides is 2. The van der Waals surface area contributed by atoms with Crippen LogP contribution in [0, 0.1) is 22.5 Å². The molecule has 2 heterocycles. The van der Waals surface area contributed by atoms with Gasteiger partial charge in [-0.2, -0.15) is 0 Å². The molecule has 0 radical (unpaired) electrons. The maximum Gasteiger partial charge on any atom is 0.230 e. The van der Waals surface area contributed by atoms with Crippen molar-refractivity contribution in [2.24, 2.45) is 10.8 Å². The van der Waals surface area contributed by atoms with Crippen LogP contribution in [0.5, 0.6) is 0 Å². The minimum atomic E-state index is -0.897. The standard InChI is InChI=1S/C21H28F2N2O2/c1-20(2,3)12-17(26)25-11-9-21(14-25)8-5-10-24(19(21)27)13-15-6-4-7-16(22)18(15)23/h4,6-7H,5,8-14H2,1-3H3. The second kappa shape index (κ2) is 7.21. The Labute approximate surface area is 159 Å². The van der Waals surface area contributed by atoms with Crippen molar-refractivity contribution >= 4 is 11.8 Å². The van der Waals surface area contributed by atoms with E-state index in [2.05, 4.69) is 0 Å². The van der Waals surface area contributed by atoms with Crippen molar-refractivity contribution in [3.8, 4) is 0 Å². The van der Waals surface area contributed by atoms with Gasteiger partial charge in [0.15, 0.2) is 11.6 Å². The Bertz CT molecular complexity index is 744. The van der Waals surface area contributed by atoms with Crippen molar-refractivity contribution in [3.63, 3.8) is 0 Å². The maximum absolute atomic E-state index is 14.0. The average molecular weight is 378 g/mol. The Balaban J connectivity index is 1.71. The lowest BCUT2D eigenvalue weighted by atomic mass is 9.78. The summed E-state index contributed by atoms with van der Waals surface area (Å²) in [6.45, 7) is 7.70. The molecular formula is C21H28F2N2O2. The van der Waals surface area contributed by atoms with E-state index in [1.54, 1.807) is 9.80 Å². The van der Waals surface area contributed by atoms with Crippen LogP contribution >= 0.6 is 0 Å². The Morgan fingerprint density at radius 2 is 1.93 bits per heavy atom. The van der Waals surface area contributed by atoms with Crippen LogP contribution < -0.4 is 0 Å². The molecule has 2 saturated heterocycles. The normalized spacial score (nSPS) is 23.4. The largest absolute Gasteiger partial charge is 0.342 e. The van der Waals surface area contributed by atoms with E-state index in [-0.39, 0.29) is 29.3 Å². The Morgan fingerprint density at radius 3 is 2.63 bits per heavy atom. The predicted octanol–water partition coefficient (Wildman–Crippen LogP) is 3.74. The zero-order valence-corrected chi connectivity index (χ0v) is 16.4. The van der Waals surface area contributed by atoms with Gasteiger partial charge >= 0.3 is 0 Å². The summed E-state index contributed by atoms with van der Waals surface area (Å²) in [6, 6.07) is 4.05. The van der Waals surface area contributed by atoms with E-state index in [0.29, 0.717) is 32.5 Å². The number of piperidine rings is 1. The van der Waals surface area contributed by atoms with Crippen LogP contribution in [-0.4, -0.2) is 41.2 Å². The van der Waals surface area contributed by atoms with E-state index < -0.39 is 17.0 Å². The molecular weight excluding hydrogens is 350 g/mol. The van der Waals surface area contributed by atoms with Gasteiger partial charge in [-0.05, 0) is 30.7 Å². The smallest absolute Gasteiger partial charge is 0.230 e. The van der Waals surface area contributed by atoms with Gasteiger partial charge in [-0.1, -0.05) is 32.9 Å². The number of likely N-dealkylation sites (tertiary alicyclic amines) is 2. The van der Waals surface area contributed by atoms with E-state index in [4.69, 9.17) is 0 Å². The Hall–Kier alpha value is -1.98. The summed E-state index contributed by atoms with van der Waals surface area (Å²) >= 11 is 0. The molecule has 0 saturated carbocycles. The predicted molar refractivity (Wildman–Crippen MR) is 98.7 cm³/mol. The third-order valence-corrected chi connectivity index (χ3v) is 5.61. The summed E-state index contributed by atoms with van der Waals surface area (Å²) in [5.41, 5.74) is -0.473. The lowest BCUT2D eigenvalue weighted by molar-refractivity contribution is -0.147. The van der Waals surface area contributed by atoms with Crippen LogP contribution in [0.25, 0.3) is 0 Å². The molecule has 2 fully saturated rings. The average Bonchev–Trinajstić information content (AvgIpc) is 3.00. The molecule has 0 aromatic heterocycles. The first-order chi connectivity index (χ1) is 12.6. The monoisotopic (exact) mass is 378 g/mol. The summed E-state index contributed by atoms with van der Waals surface area (Å²) in [5, 5.41) is 0. The van der Waals surface area contributed by atoms with Gasteiger partial charge in [0.1, 0.15) is 0 Å². The molecule has 3 rings (SSSR count). The first-order valence-corrected chi connectivity index (χ1v) is 9.61. The number of benzene rings is 1. The van der Waals surface area contributed by atoms with Crippen LogP contribution in [0.4, 0.5) is 8.78 Å². The first kappa shape index (κ1) is 19.8. The summed E-state index contributed by atoms with van der Waals surface area (Å²) in [4.78, 5) is 29.2. The minimum absolute atomic E-state index is 0.0385. The van der Waals surface area contributed by atoms with Crippen LogP contribution in [0.1, 0.15) is 52.0 Å². The molecule has 2 amide bonds. The fourth-order valence-corrected chi connectivity index (χ4v) is 4.21. The van der Waals surface area contributed by atoms with Crippen LogP contribution in [0.2, 0.25) is 0 Å². The summed E-state index contributed by atoms with van der Waals surface area (Å²) in [5.74, 6) is -1.74. The molecule has 2 aliphatic heterocycles. The molecule has 1 aromatic rings. The fraction of sp³-hybridized carbons (Fsp3) is 0.619. The minimum Gasteiger partial charge on any atom is -0.342 e. The topological polar surface area (TPSA) is 40.6 Å². The zero-order chi connectivity index (χ0) is 19.8. The Morgan fingerprint density at radius 1 is 1.19 bits per heavy atom. The van der Waals surface area contributed by atoms with Gasteiger partial charge in [-0.3, -0.25) is 9.59 Å². The molecule has 27 heavy (non-hydrogen) atoms. The third kappa shape index (κ3) is 4.14. The van der Waals surface area contributed by atoms with Crippen molar-refractivity contribution in [3.05, 3.63) is 35.4 Å². The van der Waals surface area contributed by atoms with Crippen LogP contribution in [0.3, 0.4) is 0 Å². The van der Waals surface area contributed by atoms with E-state index in [0.717, 1.165) is 18.9 Å². The molecule has 6 heteroatoms. The number of rotatable bonds is 3. The molecule has 1 aromatic carbocycles. The number of carbonyl (C=O) groups is 2.